The monoisotopic (exact) mass is 525 g/mol. The molecule has 0 radical (unpaired) electrons. The lowest BCUT2D eigenvalue weighted by Crippen LogP contribution is -2.49. The molecule has 1 unspecified atom stereocenters. The van der Waals surface area contributed by atoms with Gasteiger partial charge in [0.25, 0.3) is 5.56 Å². The van der Waals surface area contributed by atoms with E-state index in [2.05, 4.69) is 30.3 Å². The van der Waals surface area contributed by atoms with E-state index in [1.54, 1.807) is 23.9 Å². The second-order valence-electron chi connectivity index (χ2n) is 9.59. The molecule has 0 bridgehead atoms. The number of piperazine rings is 1. The molecule has 39 heavy (non-hydrogen) atoms. The largest absolute Gasteiger partial charge is 0.497 e. The third-order valence-corrected chi connectivity index (χ3v) is 7.23. The number of halogens is 1. The number of hydrogen-bond donors (Lipinski definition) is 1. The van der Waals surface area contributed by atoms with Crippen molar-refractivity contribution in [3.8, 4) is 5.75 Å². The number of pyridine rings is 1. The molecule has 1 aliphatic heterocycles. The Morgan fingerprint density at radius 2 is 1.74 bits per heavy atom. The van der Waals surface area contributed by atoms with Crippen molar-refractivity contribution in [1.82, 2.24) is 30.1 Å². The van der Waals surface area contributed by atoms with Crippen LogP contribution < -0.4 is 15.2 Å². The van der Waals surface area contributed by atoms with Crippen LogP contribution in [0.25, 0.3) is 10.9 Å². The third-order valence-electron chi connectivity index (χ3n) is 7.23. The number of ether oxygens (including phenoxy) is 1. The molecule has 10 heteroatoms. The first kappa shape index (κ1) is 24.7. The Morgan fingerprint density at radius 3 is 2.49 bits per heavy atom. The molecule has 9 nitrogen and oxygen atoms in total. The normalized spacial score (nSPS) is 15.0. The lowest BCUT2D eigenvalue weighted by atomic mass is 10.0. The molecule has 3 aromatic carbocycles. The highest BCUT2D eigenvalue weighted by atomic mass is 19.1. The van der Waals surface area contributed by atoms with Gasteiger partial charge in [-0.3, -0.25) is 9.69 Å². The number of aromatic nitrogens is 5. The zero-order chi connectivity index (χ0) is 26.8. The molecule has 1 N–H and O–H groups in total. The zero-order valence-electron chi connectivity index (χ0n) is 21.5. The average molecular weight is 526 g/mol. The predicted octanol–water partition coefficient (Wildman–Crippen LogP) is 3.62. The molecule has 0 saturated carbocycles. The number of anilines is 1. The molecule has 1 aliphatic rings. The number of aromatic amines is 1. The lowest BCUT2D eigenvalue weighted by Gasteiger charge is -2.39. The van der Waals surface area contributed by atoms with Crippen LogP contribution in [0.15, 0.2) is 83.7 Å². The van der Waals surface area contributed by atoms with E-state index in [0.717, 1.165) is 22.2 Å². The maximum atomic E-state index is 13.5. The van der Waals surface area contributed by atoms with Crippen LogP contribution in [0, 0.1) is 5.82 Å². The summed E-state index contributed by atoms with van der Waals surface area (Å²) >= 11 is 0. The summed E-state index contributed by atoms with van der Waals surface area (Å²) in [5.74, 6) is 1.05. The summed E-state index contributed by atoms with van der Waals surface area (Å²) in [6.07, 6.45) is 0. The fourth-order valence-corrected chi connectivity index (χ4v) is 5.20. The SMILES string of the molecule is COc1ccc2[nH]c(=O)c(C(c3nnnn3Cc3ccccc3)N3CCN(c4ccc(F)cc4)CC3)cc2c1. The summed E-state index contributed by atoms with van der Waals surface area (Å²) in [4.78, 5) is 21.0. The average Bonchev–Trinajstić information content (AvgIpc) is 3.42. The first-order valence-corrected chi connectivity index (χ1v) is 12.8. The molecule has 1 atom stereocenters. The van der Waals surface area contributed by atoms with Crippen molar-refractivity contribution in [2.75, 3.05) is 38.2 Å². The fraction of sp³-hybridized carbons (Fsp3) is 0.241. The van der Waals surface area contributed by atoms with Gasteiger partial charge >= 0.3 is 0 Å². The number of fused-ring (bicyclic) bond motifs is 1. The van der Waals surface area contributed by atoms with E-state index >= 15 is 0 Å². The van der Waals surface area contributed by atoms with Gasteiger partial charge in [0.05, 0.1) is 13.7 Å². The van der Waals surface area contributed by atoms with Crippen molar-refractivity contribution in [2.24, 2.45) is 0 Å². The van der Waals surface area contributed by atoms with Crippen molar-refractivity contribution in [1.29, 1.82) is 0 Å². The molecule has 0 aliphatic carbocycles. The first-order chi connectivity index (χ1) is 19.1. The number of methoxy groups -OCH3 is 1. The Labute approximate surface area is 224 Å². The van der Waals surface area contributed by atoms with Crippen molar-refractivity contribution in [2.45, 2.75) is 12.6 Å². The number of hydrogen-bond acceptors (Lipinski definition) is 7. The van der Waals surface area contributed by atoms with Crippen molar-refractivity contribution in [3.63, 3.8) is 0 Å². The second-order valence-corrected chi connectivity index (χ2v) is 9.59. The number of benzene rings is 3. The Hall–Kier alpha value is -4.57. The number of tetrazole rings is 1. The minimum absolute atomic E-state index is 0.187. The van der Waals surface area contributed by atoms with Gasteiger partial charge in [0.15, 0.2) is 5.82 Å². The molecular formula is C29H28FN7O2. The van der Waals surface area contributed by atoms with Gasteiger partial charge in [-0.1, -0.05) is 30.3 Å². The Balaban J connectivity index is 1.39. The van der Waals surface area contributed by atoms with Gasteiger partial charge in [-0.25, -0.2) is 9.07 Å². The smallest absolute Gasteiger partial charge is 0.253 e. The van der Waals surface area contributed by atoms with Gasteiger partial charge in [-0.05, 0) is 64.5 Å². The van der Waals surface area contributed by atoms with E-state index in [-0.39, 0.29) is 11.4 Å². The Kier molecular flexibility index (Phi) is 6.76. The molecular weight excluding hydrogens is 497 g/mol. The predicted molar refractivity (Wildman–Crippen MR) is 147 cm³/mol. The first-order valence-electron chi connectivity index (χ1n) is 12.8. The van der Waals surface area contributed by atoms with Crippen molar-refractivity contribution in [3.05, 3.63) is 112 Å². The molecule has 0 amide bonds. The summed E-state index contributed by atoms with van der Waals surface area (Å²) in [5.41, 5.74) is 3.14. The quantitative estimate of drug-likeness (QED) is 0.347. The highest BCUT2D eigenvalue weighted by Crippen LogP contribution is 2.30. The molecule has 2 aromatic heterocycles. The van der Waals surface area contributed by atoms with E-state index in [4.69, 9.17) is 4.74 Å². The zero-order valence-corrected chi connectivity index (χ0v) is 21.5. The Bertz CT molecular complexity index is 1630. The summed E-state index contributed by atoms with van der Waals surface area (Å²) in [5, 5.41) is 13.6. The summed E-state index contributed by atoms with van der Waals surface area (Å²) in [7, 11) is 1.62. The highest BCUT2D eigenvalue weighted by molar-refractivity contribution is 5.80. The molecule has 198 valence electrons. The minimum atomic E-state index is -0.474. The summed E-state index contributed by atoms with van der Waals surface area (Å²) < 4.78 is 20.7. The van der Waals surface area contributed by atoms with Gasteiger partial charge in [0.2, 0.25) is 0 Å². The third kappa shape index (κ3) is 5.10. The summed E-state index contributed by atoms with van der Waals surface area (Å²) in [6, 6.07) is 23.5. The van der Waals surface area contributed by atoms with Gasteiger partial charge in [0.1, 0.15) is 17.6 Å². The van der Waals surface area contributed by atoms with Gasteiger partial charge < -0.3 is 14.6 Å². The number of nitrogens with zero attached hydrogens (tertiary/aromatic N) is 6. The maximum absolute atomic E-state index is 13.5. The van der Waals surface area contributed by atoms with E-state index in [1.165, 1.54) is 12.1 Å². The van der Waals surface area contributed by atoms with Crippen LogP contribution >= 0.6 is 0 Å². The van der Waals surface area contributed by atoms with Crippen LogP contribution in [0.4, 0.5) is 10.1 Å². The number of H-pyrrole nitrogens is 1. The molecule has 6 rings (SSSR count). The van der Waals surface area contributed by atoms with Crippen LogP contribution in [0.1, 0.15) is 23.0 Å². The van der Waals surface area contributed by atoms with Gasteiger partial charge in [-0.15, -0.1) is 5.10 Å². The van der Waals surface area contributed by atoms with Crippen LogP contribution in [-0.2, 0) is 6.54 Å². The fourth-order valence-electron chi connectivity index (χ4n) is 5.20. The van der Waals surface area contributed by atoms with Crippen molar-refractivity contribution < 1.29 is 9.13 Å². The highest BCUT2D eigenvalue weighted by Gasteiger charge is 2.33. The van der Waals surface area contributed by atoms with Gasteiger partial charge in [0, 0.05) is 48.3 Å². The number of nitrogens with one attached hydrogen (secondary N) is 1. The van der Waals surface area contributed by atoms with E-state index in [9.17, 15) is 9.18 Å². The van der Waals surface area contributed by atoms with E-state index < -0.39 is 6.04 Å². The van der Waals surface area contributed by atoms with Crippen LogP contribution in [0.2, 0.25) is 0 Å². The molecule has 5 aromatic rings. The summed E-state index contributed by atoms with van der Waals surface area (Å²) in [6.45, 7) is 3.23. The molecule has 1 saturated heterocycles. The van der Waals surface area contributed by atoms with E-state index in [0.29, 0.717) is 49.9 Å². The van der Waals surface area contributed by atoms with Crippen LogP contribution in [-0.4, -0.2) is 63.4 Å². The minimum Gasteiger partial charge on any atom is -0.497 e. The van der Waals surface area contributed by atoms with Crippen molar-refractivity contribution >= 4 is 16.6 Å². The lowest BCUT2D eigenvalue weighted by molar-refractivity contribution is 0.200. The molecule has 1 fully saturated rings. The van der Waals surface area contributed by atoms with Crippen LogP contribution in [0.5, 0.6) is 5.75 Å². The van der Waals surface area contributed by atoms with E-state index in [1.807, 2.05) is 54.6 Å². The topological polar surface area (TPSA) is 92.2 Å². The molecule has 3 heterocycles. The van der Waals surface area contributed by atoms with Gasteiger partial charge in [-0.2, -0.15) is 0 Å². The number of rotatable bonds is 7. The standard InChI is InChI=1S/C29H28FN7O2/c1-39-24-11-12-26-21(17-24)18-25(29(38)31-26)27(28-32-33-34-37(28)19-20-5-3-2-4-6-20)36-15-13-35(14-16-36)23-9-7-22(30)8-10-23/h2-12,17-18,27H,13-16,19H2,1H3,(H,31,38). The Morgan fingerprint density at radius 1 is 0.974 bits per heavy atom. The van der Waals surface area contributed by atoms with Crippen LogP contribution in [0.3, 0.4) is 0 Å². The molecule has 0 spiro atoms. The second kappa shape index (κ2) is 10.7. The maximum Gasteiger partial charge on any atom is 0.253 e.